The molecule has 0 spiro atoms. The highest BCUT2D eigenvalue weighted by Gasteiger charge is 2.27. The lowest BCUT2D eigenvalue weighted by atomic mass is 10.00. The highest BCUT2D eigenvalue weighted by atomic mass is 16.5. The first-order valence-electron chi connectivity index (χ1n) is 6.67. The summed E-state index contributed by atoms with van der Waals surface area (Å²) in [6.45, 7) is 4.56. The second kappa shape index (κ2) is 5.34. The van der Waals surface area contributed by atoms with E-state index in [1.54, 1.807) is 0 Å². The second-order valence-electron chi connectivity index (χ2n) is 5.16. The lowest BCUT2D eigenvalue weighted by Crippen LogP contribution is -2.35. The summed E-state index contributed by atoms with van der Waals surface area (Å²) in [5.74, 6) is 1.82. The number of nitrogens with one attached hydrogen (secondary N) is 1. The zero-order valence-corrected chi connectivity index (χ0v) is 10.8. The molecule has 0 aromatic carbocycles. The van der Waals surface area contributed by atoms with Crippen molar-refractivity contribution in [2.75, 3.05) is 39.8 Å². The Balaban J connectivity index is 1.68. The Morgan fingerprint density at radius 3 is 3.17 bits per heavy atom. The van der Waals surface area contributed by atoms with E-state index in [-0.39, 0.29) is 6.10 Å². The zero-order valence-electron chi connectivity index (χ0n) is 10.8. The lowest BCUT2D eigenvalue weighted by Gasteiger charge is -2.27. The van der Waals surface area contributed by atoms with E-state index in [9.17, 15) is 0 Å². The largest absolute Gasteiger partial charge is 0.367 e. The van der Waals surface area contributed by atoms with Crippen LogP contribution in [0.2, 0.25) is 0 Å². The maximum atomic E-state index is 5.69. The van der Waals surface area contributed by atoms with Crippen molar-refractivity contribution in [3.63, 3.8) is 0 Å². The van der Waals surface area contributed by atoms with Gasteiger partial charge in [-0.15, -0.1) is 0 Å². The van der Waals surface area contributed by atoms with E-state index in [0.717, 1.165) is 45.1 Å². The van der Waals surface area contributed by atoms with Crippen LogP contribution < -0.4 is 5.32 Å². The van der Waals surface area contributed by atoms with Crippen molar-refractivity contribution in [3.05, 3.63) is 11.7 Å². The van der Waals surface area contributed by atoms with Crippen LogP contribution in [0, 0.1) is 0 Å². The molecule has 0 amide bonds. The van der Waals surface area contributed by atoms with Gasteiger partial charge in [-0.3, -0.25) is 0 Å². The van der Waals surface area contributed by atoms with Gasteiger partial charge < -0.3 is 19.5 Å². The predicted molar refractivity (Wildman–Crippen MR) is 65.3 cm³/mol. The van der Waals surface area contributed by atoms with Crippen LogP contribution in [0.5, 0.6) is 0 Å². The first kappa shape index (κ1) is 12.1. The molecule has 1 unspecified atom stereocenters. The van der Waals surface area contributed by atoms with Crippen LogP contribution in [0.3, 0.4) is 0 Å². The van der Waals surface area contributed by atoms with E-state index >= 15 is 0 Å². The molecule has 0 radical (unpaired) electrons. The minimum Gasteiger partial charge on any atom is -0.367 e. The van der Waals surface area contributed by atoms with Crippen molar-refractivity contribution in [2.45, 2.75) is 24.9 Å². The number of piperidine rings is 1. The molecule has 18 heavy (non-hydrogen) atoms. The van der Waals surface area contributed by atoms with Crippen LogP contribution in [-0.2, 0) is 4.74 Å². The van der Waals surface area contributed by atoms with Crippen molar-refractivity contribution in [3.8, 4) is 0 Å². The number of hydrogen-bond acceptors (Lipinski definition) is 6. The minimum absolute atomic E-state index is 0.0437. The first-order chi connectivity index (χ1) is 8.83. The Morgan fingerprint density at radius 1 is 1.44 bits per heavy atom. The summed E-state index contributed by atoms with van der Waals surface area (Å²) in [6.07, 6.45) is 2.25. The molecule has 2 fully saturated rings. The molecular weight excluding hydrogens is 232 g/mol. The number of aromatic nitrogens is 2. The molecule has 0 aliphatic carbocycles. The third-order valence-corrected chi connectivity index (χ3v) is 3.66. The third-order valence-electron chi connectivity index (χ3n) is 3.66. The maximum absolute atomic E-state index is 5.69. The van der Waals surface area contributed by atoms with E-state index in [2.05, 4.69) is 27.4 Å². The Hall–Kier alpha value is -0.980. The molecule has 0 saturated carbocycles. The van der Waals surface area contributed by atoms with Crippen molar-refractivity contribution >= 4 is 0 Å². The summed E-state index contributed by atoms with van der Waals surface area (Å²) < 4.78 is 11.1. The molecule has 2 saturated heterocycles. The lowest BCUT2D eigenvalue weighted by molar-refractivity contribution is -0.0264. The quantitative estimate of drug-likeness (QED) is 0.829. The number of ether oxygens (including phenoxy) is 1. The first-order valence-corrected chi connectivity index (χ1v) is 6.67. The van der Waals surface area contributed by atoms with Crippen LogP contribution in [0.25, 0.3) is 0 Å². The van der Waals surface area contributed by atoms with Gasteiger partial charge in [0.05, 0.1) is 12.5 Å². The molecule has 100 valence electrons. The van der Waals surface area contributed by atoms with Crippen molar-refractivity contribution in [1.82, 2.24) is 20.4 Å². The maximum Gasteiger partial charge on any atom is 0.231 e. The fourth-order valence-corrected chi connectivity index (χ4v) is 2.54. The molecule has 1 aromatic heterocycles. The van der Waals surface area contributed by atoms with Gasteiger partial charge >= 0.3 is 0 Å². The van der Waals surface area contributed by atoms with Crippen molar-refractivity contribution in [1.29, 1.82) is 0 Å². The molecular formula is C12H20N4O2. The van der Waals surface area contributed by atoms with Gasteiger partial charge in [-0.1, -0.05) is 5.16 Å². The Kier molecular flexibility index (Phi) is 3.58. The zero-order chi connectivity index (χ0) is 12.4. The minimum atomic E-state index is -0.0437. The Bertz CT molecular complexity index is 389. The smallest absolute Gasteiger partial charge is 0.231 e. The van der Waals surface area contributed by atoms with Gasteiger partial charge in [0.25, 0.3) is 0 Å². The summed E-state index contributed by atoms with van der Waals surface area (Å²) in [5.41, 5.74) is 0. The molecule has 2 aliphatic heterocycles. The predicted octanol–water partition coefficient (Wildman–Crippen LogP) is 0.540. The normalized spacial score (nSPS) is 30.5. The second-order valence-corrected chi connectivity index (χ2v) is 5.16. The molecule has 6 heteroatoms. The van der Waals surface area contributed by atoms with Crippen molar-refractivity contribution in [2.24, 2.45) is 0 Å². The van der Waals surface area contributed by atoms with Crippen LogP contribution >= 0.6 is 0 Å². The van der Waals surface area contributed by atoms with Gasteiger partial charge in [-0.05, 0) is 26.4 Å². The van der Waals surface area contributed by atoms with E-state index < -0.39 is 0 Å². The van der Waals surface area contributed by atoms with Gasteiger partial charge in [0.2, 0.25) is 11.7 Å². The van der Waals surface area contributed by atoms with Crippen LogP contribution in [0.15, 0.2) is 4.52 Å². The fourth-order valence-electron chi connectivity index (χ4n) is 2.54. The number of rotatable bonds is 2. The molecule has 2 atom stereocenters. The average molecular weight is 252 g/mol. The van der Waals surface area contributed by atoms with Crippen molar-refractivity contribution < 1.29 is 9.26 Å². The monoisotopic (exact) mass is 252 g/mol. The number of hydrogen-bond donors (Lipinski definition) is 1. The SMILES string of the molecule is CN1CCOC(c2noc([C@@H]3CCCNC3)n2)C1. The number of nitrogens with zero attached hydrogens (tertiary/aromatic N) is 3. The molecule has 0 bridgehead atoms. The molecule has 3 rings (SSSR count). The Morgan fingerprint density at radius 2 is 2.39 bits per heavy atom. The van der Waals surface area contributed by atoms with Crippen LogP contribution in [0.1, 0.15) is 36.6 Å². The summed E-state index contributed by atoms with van der Waals surface area (Å²) in [4.78, 5) is 6.75. The summed E-state index contributed by atoms with van der Waals surface area (Å²) in [7, 11) is 2.08. The summed E-state index contributed by atoms with van der Waals surface area (Å²) in [5, 5.41) is 7.45. The summed E-state index contributed by atoms with van der Waals surface area (Å²) in [6, 6.07) is 0. The average Bonchev–Trinajstić information content (AvgIpc) is 2.89. The van der Waals surface area contributed by atoms with Gasteiger partial charge in [-0.2, -0.15) is 4.98 Å². The number of morpholine rings is 1. The molecule has 2 aliphatic rings. The number of likely N-dealkylation sites (N-methyl/N-ethyl adjacent to an activating group) is 1. The van der Waals surface area contributed by atoms with Gasteiger partial charge in [0.1, 0.15) is 6.10 Å². The van der Waals surface area contributed by atoms with E-state index in [1.807, 2.05) is 0 Å². The van der Waals surface area contributed by atoms with E-state index in [0.29, 0.717) is 11.7 Å². The van der Waals surface area contributed by atoms with Gasteiger partial charge in [-0.25, -0.2) is 0 Å². The highest BCUT2D eigenvalue weighted by molar-refractivity contribution is 5.00. The topological polar surface area (TPSA) is 63.4 Å². The van der Waals surface area contributed by atoms with E-state index in [1.165, 1.54) is 6.42 Å². The fraction of sp³-hybridized carbons (Fsp3) is 0.833. The third kappa shape index (κ3) is 2.55. The molecule has 1 aromatic rings. The van der Waals surface area contributed by atoms with Gasteiger partial charge in [0.15, 0.2) is 0 Å². The summed E-state index contributed by atoms with van der Waals surface area (Å²) >= 11 is 0. The standard InChI is InChI=1S/C12H20N4O2/c1-16-5-6-17-10(8-16)11-14-12(18-15-11)9-3-2-4-13-7-9/h9-10,13H,2-8H2,1H3/t9-,10?/m1/s1. The van der Waals surface area contributed by atoms with Crippen LogP contribution in [-0.4, -0.2) is 54.9 Å². The molecule has 3 heterocycles. The molecule has 1 N–H and O–H groups in total. The van der Waals surface area contributed by atoms with E-state index in [4.69, 9.17) is 9.26 Å². The Labute approximate surface area is 107 Å². The molecule has 6 nitrogen and oxygen atoms in total. The van der Waals surface area contributed by atoms with Gasteiger partial charge in [0, 0.05) is 19.6 Å². The highest BCUT2D eigenvalue weighted by Crippen LogP contribution is 2.24. The van der Waals surface area contributed by atoms with Crippen LogP contribution in [0.4, 0.5) is 0 Å².